The van der Waals surface area contributed by atoms with Crippen LogP contribution in [0.3, 0.4) is 0 Å². The molecule has 176 valence electrons. The zero-order chi connectivity index (χ0) is 23.8. The van der Waals surface area contributed by atoms with Crippen LogP contribution in [0.5, 0.6) is 0 Å². The first kappa shape index (κ1) is 24.3. The molecule has 0 aliphatic heterocycles. The third kappa shape index (κ3) is 6.14. The second-order valence-electron chi connectivity index (χ2n) is 8.53. The number of hydrogen-bond donors (Lipinski definition) is 4. The van der Waals surface area contributed by atoms with Crippen molar-refractivity contribution in [1.29, 1.82) is 0 Å². The lowest BCUT2D eigenvalue weighted by Gasteiger charge is -2.34. The number of para-hydroxylation sites is 1. The van der Waals surface area contributed by atoms with E-state index in [4.69, 9.17) is 17.2 Å². The first-order valence-electron chi connectivity index (χ1n) is 11.7. The number of fused-ring (bicyclic) bond motifs is 1. The van der Waals surface area contributed by atoms with Crippen molar-refractivity contribution in [2.45, 2.75) is 58.7 Å². The molecular weight excluding hydrogens is 412 g/mol. The summed E-state index contributed by atoms with van der Waals surface area (Å²) in [6, 6.07) is 16.6. The molecule has 1 unspecified atom stereocenters. The number of anilines is 3. The highest BCUT2D eigenvalue weighted by Gasteiger charge is 2.22. The number of amides is 1. The fourth-order valence-electron chi connectivity index (χ4n) is 4.03. The summed E-state index contributed by atoms with van der Waals surface area (Å²) >= 11 is 0. The predicted molar refractivity (Wildman–Crippen MR) is 138 cm³/mol. The van der Waals surface area contributed by atoms with E-state index in [1.54, 1.807) is 0 Å². The molecule has 1 heterocycles. The van der Waals surface area contributed by atoms with Crippen molar-refractivity contribution in [2.24, 2.45) is 5.73 Å². The minimum absolute atomic E-state index is 0.0323. The zero-order valence-corrected chi connectivity index (χ0v) is 19.7. The number of nitrogens with two attached hydrogens (primary N) is 3. The monoisotopic (exact) mass is 448 g/mol. The lowest BCUT2D eigenvalue weighted by Crippen LogP contribution is -2.33. The lowest BCUT2D eigenvalue weighted by atomic mass is 10.0. The van der Waals surface area contributed by atoms with Gasteiger partial charge in [0.05, 0.1) is 16.9 Å². The van der Waals surface area contributed by atoms with Crippen LogP contribution in [0.4, 0.5) is 17.2 Å². The standard InChI is InChI=1S/C26H36N6O/c1-3-4-7-18(2)32(25-21-8-5-6-9-22(21)31-26(29)24(25)28)17-20-12-10-19(11-13-20)16-30-23(33)14-15-27/h5-6,8-13,18H,3-4,7,14-17,27-28H2,1-2H3,(H2,29,31)(H,30,33). The Bertz CT molecular complexity index is 1070. The van der Waals surface area contributed by atoms with Crippen LogP contribution in [0, 0.1) is 0 Å². The highest BCUT2D eigenvalue weighted by Crippen LogP contribution is 2.38. The fourth-order valence-corrected chi connectivity index (χ4v) is 4.03. The minimum Gasteiger partial charge on any atom is -0.394 e. The maximum Gasteiger partial charge on any atom is 0.221 e. The molecular formula is C26H36N6O. The molecule has 1 amide bonds. The van der Waals surface area contributed by atoms with Crippen LogP contribution in [0.2, 0.25) is 0 Å². The number of carbonyl (C=O) groups excluding carboxylic acids is 1. The molecule has 3 aromatic rings. The fraction of sp³-hybridized carbons (Fsp3) is 0.385. The van der Waals surface area contributed by atoms with Crippen LogP contribution in [-0.4, -0.2) is 23.5 Å². The number of nitrogen functional groups attached to an aromatic ring is 2. The van der Waals surface area contributed by atoms with Gasteiger partial charge in [-0.25, -0.2) is 4.98 Å². The van der Waals surface area contributed by atoms with Crippen LogP contribution in [0.25, 0.3) is 10.9 Å². The molecule has 0 saturated carbocycles. The number of pyridine rings is 1. The van der Waals surface area contributed by atoms with Crippen molar-refractivity contribution >= 4 is 34.0 Å². The maximum absolute atomic E-state index is 11.7. The van der Waals surface area contributed by atoms with Gasteiger partial charge in [0.15, 0.2) is 0 Å². The summed E-state index contributed by atoms with van der Waals surface area (Å²) in [6.45, 7) is 5.99. The molecule has 1 atom stereocenters. The zero-order valence-electron chi connectivity index (χ0n) is 19.7. The molecule has 0 aliphatic rings. The Hall–Kier alpha value is -3.32. The number of nitrogens with one attached hydrogen (secondary N) is 1. The average Bonchev–Trinajstić information content (AvgIpc) is 2.82. The summed E-state index contributed by atoms with van der Waals surface area (Å²) in [7, 11) is 0. The van der Waals surface area contributed by atoms with Crippen LogP contribution >= 0.6 is 0 Å². The van der Waals surface area contributed by atoms with Crippen molar-refractivity contribution in [3.05, 3.63) is 59.7 Å². The van der Waals surface area contributed by atoms with E-state index in [1.165, 1.54) is 0 Å². The van der Waals surface area contributed by atoms with Gasteiger partial charge in [-0.1, -0.05) is 62.2 Å². The third-order valence-electron chi connectivity index (χ3n) is 5.96. The highest BCUT2D eigenvalue weighted by molar-refractivity contribution is 6.01. The van der Waals surface area contributed by atoms with Crippen LogP contribution in [-0.2, 0) is 17.9 Å². The van der Waals surface area contributed by atoms with E-state index in [0.717, 1.165) is 47.0 Å². The predicted octanol–water partition coefficient (Wildman–Crippen LogP) is 3.95. The molecule has 3 rings (SSSR count). The van der Waals surface area contributed by atoms with E-state index >= 15 is 0 Å². The molecule has 7 heteroatoms. The number of nitrogens with zero attached hydrogens (tertiary/aromatic N) is 2. The van der Waals surface area contributed by atoms with Gasteiger partial charge in [0, 0.05) is 37.5 Å². The summed E-state index contributed by atoms with van der Waals surface area (Å²) in [5, 5.41) is 3.90. The molecule has 0 fully saturated rings. The summed E-state index contributed by atoms with van der Waals surface area (Å²) in [6.07, 6.45) is 3.67. The normalized spacial score (nSPS) is 12.0. The van der Waals surface area contributed by atoms with Crippen molar-refractivity contribution in [2.75, 3.05) is 22.9 Å². The number of benzene rings is 2. The molecule has 0 aliphatic carbocycles. The van der Waals surface area contributed by atoms with Crippen LogP contribution in [0.1, 0.15) is 50.7 Å². The molecule has 1 aromatic heterocycles. The average molecular weight is 449 g/mol. The van der Waals surface area contributed by atoms with Gasteiger partial charge < -0.3 is 27.4 Å². The summed E-state index contributed by atoms with van der Waals surface area (Å²) in [5.41, 5.74) is 22.7. The Labute approximate surface area is 196 Å². The number of hydrogen-bond acceptors (Lipinski definition) is 6. The van der Waals surface area contributed by atoms with Crippen LogP contribution < -0.4 is 27.4 Å². The second-order valence-corrected chi connectivity index (χ2v) is 8.53. The summed E-state index contributed by atoms with van der Waals surface area (Å²) < 4.78 is 0. The topological polar surface area (TPSA) is 123 Å². The minimum atomic E-state index is -0.0323. The molecule has 2 aromatic carbocycles. The van der Waals surface area contributed by atoms with E-state index in [2.05, 4.69) is 59.4 Å². The van der Waals surface area contributed by atoms with E-state index in [-0.39, 0.29) is 11.9 Å². The number of unbranched alkanes of at least 4 members (excludes halogenated alkanes) is 1. The van der Waals surface area contributed by atoms with Gasteiger partial charge in [-0.05, 0) is 30.5 Å². The van der Waals surface area contributed by atoms with E-state index in [1.807, 2.05) is 18.2 Å². The number of carbonyl (C=O) groups is 1. The Morgan fingerprint density at radius 1 is 1.09 bits per heavy atom. The molecule has 0 spiro atoms. The van der Waals surface area contributed by atoms with Gasteiger partial charge in [0.1, 0.15) is 5.82 Å². The Balaban J connectivity index is 1.90. The molecule has 0 saturated heterocycles. The van der Waals surface area contributed by atoms with Crippen LogP contribution in [0.15, 0.2) is 48.5 Å². The molecule has 7 N–H and O–H groups in total. The number of aromatic nitrogens is 1. The van der Waals surface area contributed by atoms with Crippen molar-refractivity contribution in [3.63, 3.8) is 0 Å². The largest absolute Gasteiger partial charge is 0.394 e. The molecule has 0 radical (unpaired) electrons. The van der Waals surface area contributed by atoms with Gasteiger partial charge in [-0.3, -0.25) is 4.79 Å². The Kier molecular flexibility index (Phi) is 8.49. The second kappa shape index (κ2) is 11.5. The maximum atomic E-state index is 11.7. The molecule has 0 bridgehead atoms. The SMILES string of the molecule is CCCCC(C)N(Cc1ccc(CNC(=O)CCN)cc1)c1c(N)c(N)nc2ccccc12. The quantitative estimate of drug-likeness (QED) is 0.352. The summed E-state index contributed by atoms with van der Waals surface area (Å²) in [5.74, 6) is 0.329. The summed E-state index contributed by atoms with van der Waals surface area (Å²) in [4.78, 5) is 18.5. The third-order valence-corrected chi connectivity index (χ3v) is 5.96. The van der Waals surface area contributed by atoms with Gasteiger partial charge >= 0.3 is 0 Å². The van der Waals surface area contributed by atoms with Crippen molar-refractivity contribution in [1.82, 2.24) is 10.3 Å². The van der Waals surface area contributed by atoms with Gasteiger partial charge in [-0.2, -0.15) is 0 Å². The Morgan fingerprint density at radius 2 is 1.79 bits per heavy atom. The van der Waals surface area contributed by atoms with Gasteiger partial charge in [0.2, 0.25) is 5.91 Å². The van der Waals surface area contributed by atoms with E-state index < -0.39 is 0 Å². The molecule has 7 nitrogen and oxygen atoms in total. The van der Waals surface area contributed by atoms with E-state index in [0.29, 0.717) is 37.6 Å². The molecule has 33 heavy (non-hydrogen) atoms. The number of rotatable bonds is 11. The Morgan fingerprint density at radius 3 is 2.48 bits per heavy atom. The smallest absolute Gasteiger partial charge is 0.221 e. The van der Waals surface area contributed by atoms with Crippen molar-refractivity contribution in [3.8, 4) is 0 Å². The lowest BCUT2D eigenvalue weighted by molar-refractivity contribution is -0.121. The first-order chi connectivity index (χ1) is 15.9. The first-order valence-corrected chi connectivity index (χ1v) is 11.7. The van der Waals surface area contributed by atoms with Gasteiger partial charge in [0.25, 0.3) is 0 Å². The van der Waals surface area contributed by atoms with E-state index in [9.17, 15) is 4.79 Å². The van der Waals surface area contributed by atoms with Gasteiger partial charge in [-0.15, -0.1) is 0 Å². The highest BCUT2D eigenvalue weighted by atomic mass is 16.1. The van der Waals surface area contributed by atoms with Crippen molar-refractivity contribution < 1.29 is 4.79 Å².